The molecular weight excluding hydrogens is 507 g/mol. The van der Waals surface area contributed by atoms with Crippen LogP contribution in [0.3, 0.4) is 0 Å². The van der Waals surface area contributed by atoms with E-state index in [-0.39, 0.29) is 29.7 Å². The fourth-order valence-corrected chi connectivity index (χ4v) is 4.46. The Morgan fingerprint density at radius 1 is 1.28 bits per heavy atom. The van der Waals surface area contributed by atoms with E-state index >= 15 is 0 Å². The Labute approximate surface area is 188 Å². The van der Waals surface area contributed by atoms with Gasteiger partial charge in [0.05, 0.1) is 5.69 Å². The van der Waals surface area contributed by atoms with Gasteiger partial charge in [-0.15, -0.1) is 24.0 Å². The Morgan fingerprint density at radius 2 is 2.07 bits per heavy atom. The van der Waals surface area contributed by atoms with E-state index in [2.05, 4.69) is 20.4 Å². The highest BCUT2D eigenvalue weighted by atomic mass is 127. The second-order valence-electron chi connectivity index (χ2n) is 6.48. The largest absolute Gasteiger partial charge is 0.364 e. The van der Waals surface area contributed by atoms with E-state index in [0.29, 0.717) is 38.4 Å². The van der Waals surface area contributed by atoms with Crippen molar-refractivity contribution in [2.75, 3.05) is 39.3 Å². The number of pyridine rings is 1. The normalized spacial score (nSPS) is 15.8. The van der Waals surface area contributed by atoms with Gasteiger partial charge >= 0.3 is 0 Å². The minimum absolute atomic E-state index is 0. The Hall–Kier alpha value is -1.73. The van der Waals surface area contributed by atoms with Crippen LogP contribution in [0.2, 0.25) is 0 Å². The van der Waals surface area contributed by atoms with Crippen LogP contribution in [-0.4, -0.2) is 73.0 Å². The smallest absolute Gasteiger partial charge is 0.220 e. The molecule has 9 nitrogen and oxygen atoms in total. The average Bonchev–Trinajstić information content (AvgIpc) is 3.20. The number of nitrogens with zero attached hydrogens (tertiary/aromatic N) is 5. The quantitative estimate of drug-likeness (QED) is 0.325. The first-order valence-electron chi connectivity index (χ1n) is 9.38. The van der Waals surface area contributed by atoms with E-state index in [9.17, 15) is 8.42 Å². The molecule has 0 bridgehead atoms. The van der Waals surface area contributed by atoms with Crippen LogP contribution in [0.25, 0.3) is 0 Å². The molecule has 0 spiro atoms. The van der Waals surface area contributed by atoms with Crippen molar-refractivity contribution in [3.05, 3.63) is 48.1 Å². The summed E-state index contributed by atoms with van der Waals surface area (Å²) in [5, 5.41) is 7.00. The second-order valence-corrected chi connectivity index (χ2v) is 8.45. The van der Waals surface area contributed by atoms with Crippen molar-refractivity contribution < 1.29 is 12.9 Å². The lowest BCUT2D eigenvalue weighted by molar-refractivity contribution is 0.260. The molecule has 1 aliphatic rings. The summed E-state index contributed by atoms with van der Waals surface area (Å²) < 4.78 is 31.4. The SMILES string of the molecule is CCNC(=NCCc1cccnc1)N1CCN(S(=O)(=O)Cc2ccon2)CC1.I. The number of sulfonamides is 1. The number of hydrogen-bond donors (Lipinski definition) is 1. The molecule has 2 aromatic heterocycles. The van der Waals surface area contributed by atoms with Crippen LogP contribution in [0, 0.1) is 0 Å². The summed E-state index contributed by atoms with van der Waals surface area (Å²) in [5.74, 6) is 0.683. The zero-order valence-electron chi connectivity index (χ0n) is 16.4. The van der Waals surface area contributed by atoms with Crippen molar-refractivity contribution in [2.24, 2.45) is 4.99 Å². The van der Waals surface area contributed by atoms with E-state index in [0.717, 1.165) is 24.5 Å². The number of guanidine groups is 1. The zero-order chi connectivity index (χ0) is 19.8. The summed E-state index contributed by atoms with van der Waals surface area (Å²) in [6.07, 6.45) is 5.80. The molecule has 11 heteroatoms. The molecule has 1 aliphatic heterocycles. The number of halogens is 1. The van der Waals surface area contributed by atoms with Crippen molar-refractivity contribution in [2.45, 2.75) is 19.1 Å². The third kappa shape index (κ3) is 6.93. The van der Waals surface area contributed by atoms with Crippen LogP contribution in [0.15, 0.2) is 46.4 Å². The fraction of sp³-hybridized carbons (Fsp3) is 0.500. The van der Waals surface area contributed by atoms with Gasteiger partial charge in [-0.25, -0.2) is 8.42 Å². The number of rotatable bonds is 7. The zero-order valence-corrected chi connectivity index (χ0v) is 19.5. The lowest BCUT2D eigenvalue weighted by Gasteiger charge is -2.35. The molecule has 0 amide bonds. The molecule has 3 heterocycles. The highest BCUT2D eigenvalue weighted by Crippen LogP contribution is 2.13. The third-order valence-electron chi connectivity index (χ3n) is 4.47. The van der Waals surface area contributed by atoms with Crippen LogP contribution in [-0.2, 0) is 22.2 Å². The molecule has 1 N–H and O–H groups in total. The van der Waals surface area contributed by atoms with Gasteiger partial charge in [-0.1, -0.05) is 11.2 Å². The molecular formula is C18H27IN6O3S. The first-order chi connectivity index (χ1) is 13.6. The Balaban J connectivity index is 0.00000300. The monoisotopic (exact) mass is 534 g/mol. The molecule has 1 fully saturated rings. The van der Waals surface area contributed by atoms with Gasteiger partial charge in [0.15, 0.2) is 5.96 Å². The first kappa shape index (κ1) is 23.5. The average molecular weight is 534 g/mol. The molecule has 0 saturated carbocycles. The predicted octanol–water partition coefficient (Wildman–Crippen LogP) is 1.34. The van der Waals surface area contributed by atoms with Crippen LogP contribution in [0.1, 0.15) is 18.2 Å². The van der Waals surface area contributed by atoms with Crippen molar-refractivity contribution in [3.63, 3.8) is 0 Å². The number of aliphatic imine (C=N–C) groups is 1. The molecule has 0 unspecified atom stereocenters. The Bertz CT molecular complexity index is 853. The van der Waals surface area contributed by atoms with Gasteiger partial charge in [0.1, 0.15) is 12.0 Å². The number of hydrogen-bond acceptors (Lipinski definition) is 6. The first-order valence-corrected chi connectivity index (χ1v) is 11.0. The molecule has 2 aromatic rings. The molecule has 0 atom stereocenters. The van der Waals surface area contributed by atoms with Gasteiger partial charge in [0, 0.05) is 57.7 Å². The van der Waals surface area contributed by atoms with Crippen molar-refractivity contribution in [1.82, 2.24) is 24.7 Å². The van der Waals surface area contributed by atoms with Gasteiger partial charge < -0.3 is 14.7 Å². The highest BCUT2D eigenvalue weighted by Gasteiger charge is 2.28. The topological polar surface area (TPSA) is 104 Å². The molecule has 0 aliphatic carbocycles. The van der Waals surface area contributed by atoms with E-state index in [4.69, 9.17) is 9.52 Å². The van der Waals surface area contributed by atoms with E-state index < -0.39 is 10.0 Å². The summed E-state index contributed by atoms with van der Waals surface area (Å²) in [5.41, 5.74) is 1.57. The summed E-state index contributed by atoms with van der Waals surface area (Å²) >= 11 is 0. The van der Waals surface area contributed by atoms with Crippen LogP contribution < -0.4 is 5.32 Å². The number of nitrogens with one attached hydrogen (secondary N) is 1. The molecule has 1 saturated heterocycles. The maximum Gasteiger partial charge on any atom is 0.220 e. The van der Waals surface area contributed by atoms with Gasteiger partial charge in [0.25, 0.3) is 0 Å². The highest BCUT2D eigenvalue weighted by molar-refractivity contribution is 14.0. The van der Waals surface area contributed by atoms with Gasteiger partial charge in [0.2, 0.25) is 10.0 Å². The van der Waals surface area contributed by atoms with Crippen molar-refractivity contribution in [1.29, 1.82) is 0 Å². The van der Waals surface area contributed by atoms with Gasteiger partial charge in [-0.05, 0) is 25.0 Å². The summed E-state index contributed by atoms with van der Waals surface area (Å²) in [6, 6.07) is 5.53. The maximum absolute atomic E-state index is 12.6. The fourth-order valence-electron chi connectivity index (χ4n) is 3.03. The third-order valence-corrected chi connectivity index (χ3v) is 6.29. The molecule has 29 heavy (non-hydrogen) atoms. The summed E-state index contributed by atoms with van der Waals surface area (Å²) in [4.78, 5) is 10.9. The molecule has 0 aromatic carbocycles. The summed E-state index contributed by atoms with van der Waals surface area (Å²) in [7, 11) is -3.40. The second kappa shape index (κ2) is 11.5. The lowest BCUT2D eigenvalue weighted by Crippen LogP contribution is -2.54. The minimum Gasteiger partial charge on any atom is -0.364 e. The minimum atomic E-state index is -3.40. The van der Waals surface area contributed by atoms with E-state index in [1.807, 2.05) is 25.3 Å². The van der Waals surface area contributed by atoms with Gasteiger partial charge in [-0.3, -0.25) is 9.98 Å². The number of aromatic nitrogens is 2. The lowest BCUT2D eigenvalue weighted by atomic mass is 10.2. The standard InChI is InChI=1S/C18H26N6O3S.HI/c1-2-20-18(21-8-5-16-4-3-7-19-14-16)23-9-11-24(12-10-23)28(25,26)15-17-6-13-27-22-17;/h3-4,6-7,13-14H,2,5,8-12,15H2,1H3,(H,20,21);1H. The Morgan fingerprint density at radius 3 is 2.69 bits per heavy atom. The van der Waals surface area contributed by atoms with Crippen LogP contribution in [0.4, 0.5) is 0 Å². The predicted molar refractivity (Wildman–Crippen MR) is 122 cm³/mol. The molecule has 3 rings (SSSR count). The van der Waals surface area contributed by atoms with Gasteiger partial charge in [-0.2, -0.15) is 4.31 Å². The maximum atomic E-state index is 12.6. The van der Waals surface area contributed by atoms with E-state index in [1.165, 1.54) is 10.6 Å². The van der Waals surface area contributed by atoms with Crippen LogP contribution >= 0.6 is 24.0 Å². The van der Waals surface area contributed by atoms with Crippen molar-refractivity contribution in [3.8, 4) is 0 Å². The summed E-state index contributed by atoms with van der Waals surface area (Å²) in [6.45, 7) is 5.47. The van der Waals surface area contributed by atoms with E-state index in [1.54, 1.807) is 12.3 Å². The number of piperazine rings is 1. The van der Waals surface area contributed by atoms with Crippen molar-refractivity contribution >= 4 is 40.0 Å². The Kier molecular flexibility index (Phi) is 9.30. The molecule has 0 radical (unpaired) electrons. The molecule has 160 valence electrons. The van der Waals surface area contributed by atoms with Crippen LogP contribution in [0.5, 0.6) is 0 Å².